The van der Waals surface area contributed by atoms with Gasteiger partial charge in [0.05, 0.1) is 6.42 Å². The van der Waals surface area contributed by atoms with Gasteiger partial charge in [0.1, 0.15) is 12.7 Å². The molecule has 1 atom stereocenters. The fraction of sp³-hybridized carbons (Fsp3) is 0.455. The molecule has 0 spiro atoms. The monoisotopic (exact) mass is 256 g/mol. The number of cyclic esters (lactones) is 1. The second kappa shape index (κ2) is 5.95. The summed E-state index contributed by atoms with van der Waals surface area (Å²) in [5.41, 5.74) is 0.117. The van der Waals surface area contributed by atoms with E-state index < -0.39 is 36.4 Å². The average Bonchev–Trinajstić information content (AvgIpc) is 2.70. The lowest BCUT2D eigenvalue weighted by Crippen LogP contribution is -2.28. The maximum absolute atomic E-state index is 11.2. The van der Waals surface area contributed by atoms with Gasteiger partial charge in [0.25, 0.3) is 5.78 Å². The molecule has 0 saturated carbocycles. The van der Waals surface area contributed by atoms with Crippen LogP contribution < -0.4 is 0 Å². The summed E-state index contributed by atoms with van der Waals surface area (Å²) in [5.74, 6) is -3.43. The van der Waals surface area contributed by atoms with Gasteiger partial charge in [-0.3, -0.25) is 9.59 Å². The van der Waals surface area contributed by atoms with E-state index in [0.29, 0.717) is 0 Å². The molecule has 1 fully saturated rings. The topological polar surface area (TPSA) is 96.0 Å². The molecule has 1 rings (SSSR count). The molecule has 0 aromatic heterocycles. The summed E-state index contributed by atoms with van der Waals surface area (Å²) < 4.78 is 13.7. The van der Waals surface area contributed by atoms with E-state index in [4.69, 9.17) is 0 Å². The number of esters is 3. The highest BCUT2D eigenvalue weighted by atomic mass is 16.6. The number of carbonyl (C=O) groups excluding carboxylic acids is 4. The van der Waals surface area contributed by atoms with E-state index in [-0.39, 0.29) is 18.6 Å². The fourth-order valence-corrected chi connectivity index (χ4v) is 1.10. The lowest BCUT2D eigenvalue weighted by Gasteiger charge is -2.08. The Morgan fingerprint density at radius 1 is 1.39 bits per heavy atom. The summed E-state index contributed by atoms with van der Waals surface area (Å²) in [6.07, 6.45) is -0.837. The minimum atomic E-state index is -1.16. The zero-order valence-electron chi connectivity index (χ0n) is 9.76. The van der Waals surface area contributed by atoms with Crippen molar-refractivity contribution in [1.82, 2.24) is 0 Å². The van der Waals surface area contributed by atoms with Crippen LogP contribution in [0.15, 0.2) is 12.2 Å². The third kappa shape index (κ3) is 4.00. The molecule has 0 aliphatic carbocycles. The van der Waals surface area contributed by atoms with Crippen LogP contribution in [0, 0.1) is 0 Å². The summed E-state index contributed by atoms with van der Waals surface area (Å²) >= 11 is 0. The highest BCUT2D eigenvalue weighted by molar-refractivity contribution is 6.34. The Morgan fingerprint density at radius 3 is 2.56 bits per heavy atom. The first-order valence-corrected chi connectivity index (χ1v) is 5.12. The van der Waals surface area contributed by atoms with E-state index in [0.717, 1.165) is 0 Å². The van der Waals surface area contributed by atoms with Gasteiger partial charge in [-0.05, 0) is 6.92 Å². The van der Waals surface area contributed by atoms with E-state index in [1.807, 2.05) is 0 Å². The number of ether oxygens (including phenoxy) is 3. The third-order valence-electron chi connectivity index (χ3n) is 2.01. The van der Waals surface area contributed by atoms with Gasteiger partial charge in [0.2, 0.25) is 0 Å². The van der Waals surface area contributed by atoms with Crippen LogP contribution in [-0.4, -0.2) is 43.0 Å². The number of carbonyl (C=O) groups is 4. The smallest absolute Gasteiger partial charge is 0.378 e. The van der Waals surface area contributed by atoms with Crippen LogP contribution in [0.5, 0.6) is 0 Å². The standard InChI is InChI=1S/C11H12O7/c1-6(2)10(14)17-5-8(12)11(15)18-7-3-9(13)16-4-7/h7H,1,3-5H2,2H3. The summed E-state index contributed by atoms with van der Waals surface area (Å²) in [5, 5.41) is 0. The second-order valence-electron chi connectivity index (χ2n) is 3.69. The molecule has 98 valence electrons. The zero-order valence-corrected chi connectivity index (χ0v) is 9.76. The minimum absolute atomic E-state index is 0.0661. The Kier molecular flexibility index (Phi) is 4.59. The van der Waals surface area contributed by atoms with E-state index >= 15 is 0 Å². The second-order valence-corrected chi connectivity index (χ2v) is 3.69. The molecule has 0 radical (unpaired) electrons. The Morgan fingerprint density at radius 2 is 2.06 bits per heavy atom. The van der Waals surface area contributed by atoms with Gasteiger partial charge >= 0.3 is 17.9 Å². The van der Waals surface area contributed by atoms with Crippen molar-refractivity contribution in [2.45, 2.75) is 19.4 Å². The van der Waals surface area contributed by atoms with Crippen LogP contribution in [0.4, 0.5) is 0 Å². The SMILES string of the molecule is C=C(C)C(=O)OCC(=O)C(=O)OC1COC(=O)C1. The number of Topliss-reactive ketones (excluding diaryl/α,β-unsaturated/α-hetero) is 1. The van der Waals surface area contributed by atoms with Gasteiger partial charge in [-0.25, -0.2) is 9.59 Å². The first kappa shape index (κ1) is 13.9. The third-order valence-corrected chi connectivity index (χ3v) is 2.01. The molecule has 1 aliphatic heterocycles. The van der Waals surface area contributed by atoms with Crippen LogP contribution in [0.2, 0.25) is 0 Å². The first-order chi connectivity index (χ1) is 8.40. The molecule has 0 aromatic carbocycles. The maximum atomic E-state index is 11.2. The van der Waals surface area contributed by atoms with Crippen molar-refractivity contribution in [2.24, 2.45) is 0 Å². The van der Waals surface area contributed by atoms with E-state index in [9.17, 15) is 19.2 Å². The van der Waals surface area contributed by atoms with Crippen molar-refractivity contribution in [3.05, 3.63) is 12.2 Å². The van der Waals surface area contributed by atoms with Crippen LogP contribution in [0.3, 0.4) is 0 Å². The molecule has 18 heavy (non-hydrogen) atoms. The van der Waals surface area contributed by atoms with E-state index in [1.54, 1.807) is 0 Å². The van der Waals surface area contributed by atoms with Gasteiger partial charge in [-0.2, -0.15) is 0 Å². The molecule has 7 nitrogen and oxygen atoms in total. The molecule has 0 bridgehead atoms. The molecular formula is C11H12O7. The van der Waals surface area contributed by atoms with E-state index in [2.05, 4.69) is 20.8 Å². The number of hydrogen-bond donors (Lipinski definition) is 0. The number of rotatable bonds is 5. The molecule has 0 N–H and O–H groups in total. The van der Waals surface area contributed by atoms with Crippen molar-refractivity contribution in [3.8, 4) is 0 Å². The first-order valence-electron chi connectivity index (χ1n) is 5.12. The molecule has 1 aliphatic rings. The fourth-order valence-electron chi connectivity index (χ4n) is 1.10. The summed E-state index contributed by atoms with van der Waals surface area (Å²) in [7, 11) is 0. The van der Waals surface area contributed by atoms with Gasteiger partial charge < -0.3 is 14.2 Å². The van der Waals surface area contributed by atoms with Crippen molar-refractivity contribution >= 4 is 23.7 Å². The molecule has 0 aromatic rings. The van der Waals surface area contributed by atoms with Crippen LogP contribution in [0.1, 0.15) is 13.3 Å². The number of ketones is 1. The minimum Gasteiger partial charge on any atom is -0.462 e. The van der Waals surface area contributed by atoms with Gasteiger partial charge in [0, 0.05) is 5.57 Å². The molecule has 1 unspecified atom stereocenters. The van der Waals surface area contributed by atoms with Gasteiger partial charge in [-0.1, -0.05) is 6.58 Å². The zero-order chi connectivity index (χ0) is 13.7. The Labute approximate surface area is 103 Å². The van der Waals surface area contributed by atoms with Crippen LogP contribution in [-0.2, 0) is 33.4 Å². The largest absolute Gasteiger partial charge is 0.462 e. The lowest BCUT2D eigenvalue weighted by molar-refractivity contribution is -0.161. The van der Waals surface area contributed by atoms with Crippen molar-refractivity contribution in [3.63, 3.8) is 0 Å². The number of hydrogen-bond acceptors (Lipinski definition) is 7. The van der Waals surface area contributed by atoms with Crippen LogP contribution in [0.25, 0.3) is 0 Å². The predicted molar refractivity (Wildman–Crippen MR) is 56.2 cm³/mol. The summed E-state index contributed by atoms with van der Waals surface area (Å²) in [6.45, 7) is 3.94. The van der Waals surface area contributed by atoms with Crippen molar-refractivity contribution in [2.75, 3.05) is 13.2 Å². The molecule has 7 heteroatoms. The Bertz CT molecular complexity index is 410. The quantitative estimate of drug-likeness (QED) is 0.284. The maximum Gasteiger partial charge on any atom is 0.378 e. The Balaban J connectivity index is 2.33. The summed E-state index contributed by atoms with van der Waals surface area (Å²) in [4.78, 5) is 44.2. The van der Waals surface area contributed by atoms with E-state index in [1.165, 1.54) is 6.92 Å². The van der Waals surface area contributed by atoms with Gasteiger partial charge in [-0.15, -0.1) is 0 Å². The molecule has 0 amide bonds. The average molecular weight is 256 g/mol. The Hall–Kier alpha value is -2.18. The molecule has 1 heterocycles. The summed E-state index contributed by atoms with van der Waals surface area (Å²) in [6, 6.07) is 0. The molecular weight excluding hydrogens is 244 g/mol. The molecule has 1 saturated heterocycles. The predicted octanol–water partition coefficient (Wildman–Crippen LogP) is -0.467. The normalized spacial score (nSPS) is 17.8. The highest BCUT2D eigenvalue weighted by Gasteiger charge is 2.29. The lowest BCUT2D eigenvalue weighted by atomic mass is 10.3. The van der Waals surface area contributed by atoms with Crippen LogP contribution >= 0.6 is 0 Å². The van der Waals surface area contributed by atoms with Crippen molar-refractivity contribution in [1.29, 1.82) is 0 Å². The highest BCUT2D eigenvalue weighted by Crippen LogP contribution is 2.10. The van der Waals surface area contributed by atoms with Gasteiger partial charge in [0.15, 0.2) is 6.61 Å². The van der Waals surface area contributed by atoms with Crippen molar-refractivity contribution < 1.29 is 33.4 Å².